The number of carbonyl (C=O) groups is 2. The van der Waals surface area contributed by atoms with Crippen LogP contribution in [0.2, 0.25) is 0 Å². The number of hydrogen-bond acceptors (Lipinski definition) is 6. The van der Waals surface area contributed by atoms with Crippen molar-refractivity contribution in [2.75, 3.05) is 32.0 Å². The molecule has 0 radical (unpaired) electrons. The summed E-state index contributed by atoms with van der Waals surface area (Å²) in [4.78, 5) is 28.0. The molecule has 0 spiro atoms. The number of methoxy groups -OCH3 is 3. The lowest BCUT2D eigenvalue weighted by Crippen LogP contribution is -2.31. The van der Waals surface area contributed by atoms with Crippen molar-refractivity contribution in [3.63, 3.8) is 0 Å². The van der Waals surface area contributed by atoms with Crippen LogP contribution in [-0.2, 0) is 9.59 Å². The Hall–Kier alpha value is -2.93. The topological polar surface area (TPSA) is 65.1 Å². The highest BCUT2D eigenvalue weighted by atomic mass is 32.2. The number of benzene rings is 2. The van der Waals surface area contributed by atoms with Gasteiger partial charge in [0.05, 0.1) is 37.5 Å². The maximum Gasteiger partial charge on any atom is 0.272 e. The van der Waals surface area contributed by atoms with Gasteiger partial charge < -0.3 is 14.2 Å². The third kappa shape index (κ3) is 3.45. The van der Waals surface area contributed by atoms with Crippen LogP contribution in [0.3, 0.4) is 0 Å². The van der Waals surface area contributed by atoms with E-state index < -0.39 is 0 Å². The Bertz CT molecular complexity index is 936. The lowest BCUT2D eigenvalue weighted by molar-refractivity contribution is -0.119. The van der Waals surface area contributed by atoms with Gasteiger partial charge in [0, 0.05) is 6.07 Å². The molecule has 1 aliphatic rings. The Morgan fingerprint density at radius 2 is 1.50 bits per heavy atom. The van der Waals surface area contributed by atoms with Crippen molar-refractivity contribution in [1.29, 1.82) is 0 Å². The lowest BCUT2D eigenvalue weighted by atomic mass is 10.1. The number of amides is 2. The highest BCUT2D eigenvalue weighted by molar-refractivity contribution is 8.04. The lowest BCUT2D eigenvalue weighted by Gasteiger charge is -2.19. The third-order valence-corrected chi connectivity index (χ3v) is 5.29. The maximum absolute atomic E-state index is 13.3. The molecule has 28 heavy (non-hydrogen) atoms. The molecule has 2 aromatic carbocycles. The molecule has 0 aliphatic carbocycles. The monoisotopic (exact) mass is 399 g/mol. The molecule has 0 saturated heterocycles. The minimum absolute atomic E-state index is 0.355. The summed E-state index contributed by atoms with van der Waals surface area (Å²) in [6.07, 6.45) is 0. The summed E-state index contributed by atoms with van der Waals surface area (Å²) in [5.41, 5.74) is 1.44. The second kappa shape index (κ2) is 8.39. The minimum atomic E-state index is -0.380. The Morgan fingerprint density at radius 3 is 2.07 bits per heavy atom. The summed E-state index contributed by atoms with van der Waals surface area (Å²) in [5.74, 6) is 1.57. The van der Waals surface area contributed by atoms with Crippen molar-refractivity contribution >= 4 is 34.8 Å². The Labute approximate surface area is 168 Å². The number of ether oxygens (including phenoxy) is 3. The van der Waals surface area contributed by atoms with E-state index in [0.29, 0.717) is 44.7 Å². The van der Waals surface area contributed by atoms with Crippen LogP contribution in [0, 0.1) is 0 Å². The fourth-order valence-corrected chi connectivity index (χ4v) is 3.84. The number of thioether (sulfide) groups is 1. The van der Waals surface area contributed by atoms with Crippen molar-refractivity contribution in [2.24, 2.45) is 0 Å². The van der Waals surface area contributed by atoms with Crippen molar-refractivity contribution in [3.05, 3.63) is 52.9 Å². The average molecular weight is 399 g/mol. The quantitative estimate of drug-likeness (QED) is 0.661. The highest BCUT2D eigenvalue weighted by Crippen LogP contribution is 2.42. The van der Waals surface area contributed by atoms with Crippen LogP contribution in [0.5, 0.6) is 17.2 Å². The van der Waals surface area contributed by atoms with Gasteiger partial charge in [0.25, 0.3) is 11.8 Å². The molecule has 1 heterocycles. The molecule has 7 heteroatoms. The molecular formula is C21H21NO5S. The number of carbonyl (C=O) groups excluding carboxylic acids is 2. The molecule has 0 saturated carbocycles. The molecule has 0 bridgehead atoms. The molecule has 0 atom stereocenters. The fraction of sp³-hybridized carbons (Fsp3) is 0.238. The van der Waals surface area contributed by atoms with Crippen LogP contribution >= 0.6 is 11.8 Å². The van der Waals surface area contributed by atoms with Gasteiger partial charge in [0.15, 0.2) is 0 Å². The molecule has 1 aliphatic heterocycles. The summed E-state index contributed by atoms with van der Waals surface area (Å²) in [6, 6.07) is 12.1. The first-order valence-corrected chi connectivity index (χ1v) is 9.66. The second-order valence-electron chi connectivity index (χ2n) is 5.85. The average Bonchev–Trinajstić information content (AvgIpc) is 2.97. The van der Waals surface area contributed by atoms with Gasteiger partial charge in [-0.05, 0) is 35.6 Å². The van der Waals surface area contributed by atoms with E-state index in [4.69, 9.17) is 14.2 Å². The van der Waals surface area contributed by atoms with Crippen molar-refractivity contribution in [3.8, 4) is 17.2 Å². The minimum Gasteiger partial charge on any atom is -0.497 e. The first kappa shape index (κ1) is 19.8. The van der Waals surface area contributed by atoms with E-state index >= 15 is 0 Å². The summed E-state index contributed by atoms with van der Waals surface area (Å²) in [7, 11) is 4.61. The fourth-order valence-electron chi connectivity index (χ4n) is 2.99. The first-order chi connectivity index (χ1) is 13.5. The predicted octanol–water partition coefficient (Wildman–Crippen LogP) is 3.75. The molecule has 0 N–H and O–H groups in total. The maximum atomic E-state index is 13.3. The first-order valence-electron chi connectivity index (χ1n) is 8.68. The van der Waals surface area contributed by atoms with E-state index in [1.807, 2.05) is 6.92 Å². The van der Waals surface area contributed by atoms with Gasteiger partial charge in [-0.25, -0.2) is 4.90 Å². The van der Waals surface area contributed by atoms with E-state index in [-0.39, 0.29) is 11.8 Å². The highest BCUT2D eigenvalue weighted by Gasteiger charge is 2.41. The van der Waals surface area contributed by atoms with Crippen molar-refractivity contribution in [2.45, 2.75) is 6.92 Å². The zero-order valence-corrected chi connectivity index (χ0v) is 17.0. The molecule has 146 valence electrons. The van der Waals surface area contributed by atoms with Gasteiger partial charge in [-0.1, -0.05) is 19.1 Å². The van der Waals surface area contributed by atoms with E-state index in [0.717, 1.165) is 4.90 Å². The molecule has 6 nitrogen and oxygen atoms in total. The molecule has 0 aromatic heterocycles. The third-order valence-electron chi connectivity index (χ3n) is 4.34. The van der Waals surface area contributed by atoms with E-state index in [1.54, 1.807) is 56.7 Å². The Kier molecular flexibility index (Phi) is 5.94. The second-order valence-corrected chi connectivity index (χ2v) is 7.12. The summed E-state index contributed by atoms with van der Waals surface area (Å²) in [6.45, 7) is 1.94. The molecule has 3 rings (SSSR count). The molecule has 0 unspecified atom stereocenters. The standard InChI is InChI=1S/C21H21NO5S/c1-5-28-19-18(13-6-8-14(25-2)9-7-13)20(23)22(21(19)24)16-11-10-15(26-3)12-17(16)27-4/h6-12H,5H2,1-4H3. The Balaban J connectivity index is 2.08. The van der Waals surface area contributed by atoms with Crippen LogP contribution in [0.4, 0.5) is 5.69 Å². The summed E-state index contributed by atoms with van der Waals surface area (Å²) >= 11 is 1.35. The van der Waals surface area contributed by atoms with Gasteiger partial charge in [0.1, 0.15) is 17.2 Å². The SMILES string of the molecule is CCSC1=C(c2ccc(OC)cc2)C(=O)N(c2ccc(OC)cc2OC)C1=O. The molecular weight excluding hydrogens is 378 g/mol. The van der Waals surface area contributed by atoms with E-state index in [1.165, 1.54) is 18.9 Å². The van der Waals surface area contributed by atoms with Gasteiger partial charge in [0.2, 0.25) is 0 Å². The normalized spacial score (nSPS) is 13.9. The van der Waals surface area contributed by atoms with Gasteiger partial charge in [-0.3, -0.25) is 9.59 Å². The van der Waals surface area contributed by atoms with Crippen LogP contribution in [0.15, 0.2) is 47.4 Å². The summed E-state index contributed by atoms with van der Waals surface area (Å²) < 4.78 is 15.8. The number of anilines is 1. The Morgan fingerprint density at radius 1 is 0.857 bits per heavy atom. The number of imide groups is 1. The van der Waals surface area contributed by atoms with Gasteiger partial charge in [-0.2, -0.15) is 0 Å². The van der Waals surface area contributed by atoms with Gasteiger partial charge in [-0.15, -0.1) is 11.8 Å². The van der Waals surface area contributed by atoms with Gasteiger partial charge >= 0.3 is 0 Å². The van der Waals surface area contributed by atoms with Crippen molar-refractivity contribution in [1.82, 2.24) is 0 Å². The largest absolute Gasteiger partial charge is 0.497 e. The van der Waals surface area contributed by atoms with E-state index in [9.17, 15) is 9.59 Å². The molecule has 2 aromatic rings. The molecule has 0 fully saturated rings. The van der Waals surface area contributed by atoms with Crippen LogP contribution in [0.1, 0.15) is 12.5 Å². The van der Waals surface area contributed by atoms with Crippen LogP contribution < -0.4 is 19.1 Å². The van der Waals surface area contributed by atoms with Crippen LogP contribution in [-0.4, -0.2) is 38.9 Å². The zero-order chi connectivity index (χ0) is 20.3. The van der Waals surface area contributed by atoms with Crippen LogP contribution in [0.25, 0.3) is 5.57 Å². The number of nitrogens with zero attached hydrogens (tertiary/aromatic N) is 1. The van der Waals surface area contributed by atoms with Crippen molar-refractivity contribution < 1.29 is 23.8 Å². The number of rotatable bonds is 7. The number of hydrogen-bond donors (Lipinski definition) is 0. The van der Waals surface area contributed by atoms with E-state index in [2.05, 4.69) is 0 Å². The summed E-state index contributed by atoms with van der Waals surface area (Å²) in [5, 5.41) is 0. The smallest absolute Gasteiger partial charge is 0.272 e. The zero-order valence-electron chi connectivity index (χ0n) is 16.1. The molecule has 2 amide bonds. The predicted molar refractivity (Wildman–Crippen MR) is 110 cm³/mol.